The SMILES string of the molecule is Cc1ccc2c(c1)Cc1c-2ccc(C)c1-c1cc(CC(C)(C)C)c(-c2ccccc2)c[n+]1C. The molecule has 1 aromatic heterocycles. The van der Waals surface area contributed by atoms with Crippen LogP contribution in [0.1, 0.15) is 48.6 Å². The summed E-state index contributed by atoms with van der Waals surface area (Å²) in [5.41, 5.74) is 15.4. The van der Waals surface area contributed by atoms with Gasteiger partial charge in [-0.1, -0.05) is 87.0 Å². The molecule has 0 saturated heterocycles. The summed E-state index contributed by atoms with van der Waals surface area (Å²) >= 11 is 0. The Hall–Kier alpha value is -3.19. The van der Waals surface area contributed by atoms with Crippen LogP contribution < -0.4 is 4.57 Å². The van der Waals surface area contributed by atoms with Gasteiger partial charge in [0.15, 0.2) is 6.20 Å². The highest BCUT2D eigenvalue weighted by molar-refractivity contribution is 5.85. The predicted octanol–water partition coefficient (Wildman–Crippen LogP) is 7.62. The van der Waals surface area contributed by atoms with Gasteiger partial charge >= 0.3 is 0 Å². The molecule has 0 fully saturated rings. The first-order valence-electron chi connectivity index (χ1n) is 12.0. The average molecular weight is 433 g/mol. The highest BCUT2D eigenvalue weighted by Crippen LogP contribution is 2.43. The van der Waals surface area contributed by atoms with Crippen LogP contribution in [0.5, 0.6) is 0 Å². The molecule has 33 heavy (non-hydrogen) atoms. The fourth-order valence-corrected chi connectivity index (χ4v) is 5.41. The van der Waals surface area contributed by atoms with Gasteiger partial charge in [0.25, 0.3) is 0 Å². The Labute approximate surface area is 198 Å². The number of rotatable bonds is 3. The molecule has 1 aliphatic carbocycles. The number of aromatic nitrogens is 1. The molecule has 4 aromatic rings. The van der Waals surface area contributed by atoms with Crippen LogP contribution in [-0.4, -0.2) is 0 Å². The van der Waals surface area contributed by atoms with Crippen molar-refractivity contribution in [2.24, 2.45) is 12.5 Å². The topological polar surface area (TPSA) is 3.88 Å². The molecule has 0 radical (unpaired) electrons. The first-order chi connectivity index (χ1) is 15.7. The second-order valence-electron chi connectivity index (χ2n) is 10.9. The molecular weight excluding hydrogens is 398 g/mol. The molecule has 1 nitrogen and oxygen atoms in total. The lowest BCUT2D eigenvalue weighted by Gasteiger charge is -2.21. The zero-order valence-electron chi connectivity index (χ0n) is 20.8. The number of fused-ring (bicyclic) bond motifs is 3. The molecule has 0 amide bonds. The molecule has 0 saturated carbocycles. The quantitative estimate of drug-likeness (QED) is 0.258. The maximum Gasteiger partial charge on any atom is 0.213 e. The van der Waals surface area contributed by atoms with Gasteiger partial charge in [-0.25, -0.2) is 4.57 Å². The second-order valence-corrected chi connectivity index (χ2v) is 10.9. The van der Waals surface area contributed by atoms with Gasteiger partial charge in [0.05, 0.1) is 5.56 Å². The Bertz CT molecular complexity index is 1350. The fraction of sp³-hybridized carbons (Fsp3) is 0.281. The summed E-state index contributed by atoms with van der Waals surface area (Å²) in [7, 11) is 2.20. The summed E-state index contributed by atoms with van der Waals surface area (Å²) < 4.78 is 2.34. The van der Waals surface area contributed by atoms with E-state index in [4.69, 9.17) is 0 Å². The molecule has 0 bridgehead atoms. The average Bonchev–Trinajstić information content (AvgIpc) is 3.12. The van der Waals surface area contributed by atoms with Crippen molar-refractivity contribution in [3.8, 4) is 33.5 Å². The molecule has 166 valence electrons. The fourth-order valence-electron chi connectivity index (χ4n) is 5.41. The molecule has 0 unspecified atom stereocenters. The van der Waals surface area contributed by atoms with Gasteiger partial charge in [0.1, 0.15) is 7.05 Å². The maximum atomic E-state index is 2.46. The van der Waals surface area contributed by atoms with E-state index in [0.717, 1.165) is 12.8 Å². The van der Waals surface area contributed by atoms with Crippen molar-refractivity contribution in [1.29, 1.82) is 0 Å². The zero-order valence-corrected chi connectivity index (χ0v) is 20.8. The van der Waals surface area contributed by atoms with Gasteiger partial charge in [-0.05, 0) is 71.0 Å². The van der Waals surface area contributed by atoms with E-state index in [1.165, 1.54) is 61.3 Å². The lowest BCUT2D eigenvalue weighted by Crippen LogP contribution is -2.32. The standard InChI is InChI=1S/C32H34N/c1-21-12-14-26-24(16-21)17-28-27(26)15-13-22(2)31(28)30-18-25(19-32(3,4)5)29(20-33(30)6)23-10-8-7-9-11-23/h7-16,18,20H,17,19H2,1-6H3/q+1. The van der Waals surface area contributed by atoms with Gasteiger partial charge < -0.3 is 0 Å². The van der Waals surface area contributed by atoms with Crippen molar-refractivity contribution in [3.05, 3.63) is 101 Å². The third kappa shape index (κ3) is 4.02. The molecule has 5 rings (SSSR count). The van der Waals surface area contributed by atoms with Crippen molar-refractivity contribution in [1.82, 2.24) is 0 Å². The summed E-state index contributed by atoms with van der Waals surface area (Å²) in [6, 6.07) is 24.8. The molecule has 3 aromatic carbocycles. The van der Waals surface area contributed by atoms with Crippen LogP contribution in [0, 0.1) is 19.3 Å². The maximum absolute atomic E-state index is 2.46. The minimum Gasteiger partial charge on any atom is -0.200 e. The lowest BCUT2D eigenvalue weighted by atomic mass is 9.84. The van der Waals surface area contributed by atoms with Crippen molar-refractivity contribution >= 4 is 0 Å². The van der Waals surface area contributed by atoms with Crippen molar-refractivity contribution in [2.75, 3.05) is 0 Å². The predicted molar refractivity (Wildman–Crippen MR) is 139 cm³/mol. The monoisotopic (exact) mass is 432 g/mol. The highest BCUT2D eigenvalue weighted by atomic mass is 14.9. The van der Waals surface area contributed by atoms with Crippen LogP contribution in [0.15, 0.2) is 72.9 Å². The van der Waals surface area contributed by atoms with Crippen molar-refractivity contribution in [2.45, 2.75) is 47.5 Å². The molecule has 1 aliphatic rings. The van der Waals surface area contributed by atoms with Gasteiger partial charge in [0, 0.05) is 11.6 Å². The highest BCUT2D eigenvalue weighted by Gasteiger charge is 2.28. The zero-order chi connectivity index (χ0) is 23.3. The largest absolute Gasteiger partial charge is 0.213 e. The summed E-state index contributed by atoms with van der Waals surface area (Å²) in [5, 5.41) is 0. The number of aryl methyl sites for hydroxylation is 3. The molecular formula is C32H34N+. The van der Waals surface area contributed by atoms with E-state index in [2.05, 4.69) is 119 Å². The molecule has 0 spiro atoms. The normalized spacial score (nSPS) is 12.5. The Balaban J connectivity index is 1.72. The van der Waals surface area contributed by atoms with E-state index in [1.54, 1.807) is 0 Å². The van der Waals surface area contributed by atoms with Gasteiger partial charge in [-0.3, -0.25) is 0 Å². The van der Waals surface area contributed by atoms with Crippen LogP contribution in [0.4, 0.5) is 0 Å². The third-order valence-electron chi connectivity index (χ3n) is 6.86. The first kappa shape index (κ1) is 21.6. The van der Waals surface area contributed by atoms with E-state index >= 15 is 0 Å². The molecule has 0 N–H and O–H groups in total. The second kappa shape index (κ2) is 7.99. The minimum absolute atomic E-state index is 0.210. The van der Waals surface area contributed by atoms with Gasteiger partial charge in [0.2, 0.25) is 5.69 Å². The number of benzene rings is 3. The lowest BCUT2D eigenvalue weighted by molar-refractivity contribution is -0.660. The van der Waals surface area contributed by atoms with E-state index in [0.29, 0.717) is 0 Å². The van der Waals surface area contributed by atoms with Crippen molar-refractivity contribution in [3.63, 3.8) is 0 Å². The third-order valence-corrected chi connectivity index (χ3v) is 6.86. The van der Waals surface area contributed by atoms with Crippen LogP contribution >= 0.6 is 0 Å². The van der Waals surface area contributed by atoms with Crippen LogP contribution in [0.25, 0.3) is 33.5 Å². The van der Waals surface area contributed by atoms with Crippen LogP contribution in [-0.2, 0) is 19.9 Å². The Morgan fingerprint density at radius 2 is 1.55 bits per heavy atom. The number of nitrogens with zero attached hydrogens (tertiary/aromatic N) is 1. The molecule has 0 aliphatic heterocycles. The Kier molecular flexibility index (Phi) is 5.24. The molecule has 1 heterocycles. The van der Waals surface area contributed by atoms with Crippen LogP contribution in [0.3, 0.4) is 0 Å². The van der Waals surface area contributed by atoms with Gasteiger partial charge in [-0.2, -0.15) is 0 Å². The summed E-state index contributed by atoms with van der Waals surface area (Å²) in [6.07, 6.45) is 4.40. The van der Waals surface area contributed by atoms with E-state index in [1.807, 2.05) is 0 Å². The smallest absolute Gasteiger partial charge is 0.200 e. The first-order valence-corrected chi connectivity index (χ1v) is 12.0. The van der Waals surface area contributed by atoms with Crippen LogP contribution in [0.2, 0.25) is 0 Å². The molecule has 1 heteroatoms. The van der Waals surface area contributed by atoms with Gasteiger partial charge in [-0.15, -0.1) is 0 Å². The summed E-state index contributed by atoms with van der Waals surface area (Å²) in [4.78, 5) is 0. The molecule has 0 atom stereocenters. The van der Waals surface area contributed by atoms with Crippen molar-refractivity contribution < 1.29 is 4.57 Å². The van der Waals surface area contributed by atoms with E-state index < -0.39 is 0 Å². The Morgan fingerprint density at radius 3 is 2.27 bits per heavy atom. The number of pyridine rings is 1. The van der Waals surface area contributed by atoms with E-state index in [-0.39, 0.29) is 5.41 Å². The summed E-state index contributed by atoms with van der Waals surface area (Å²) in [5.74, 6) is 0. The minimum atomic E-state index is 0.210. The Morgan fingerprint density at radius 1 is 0.818 bits per heavy atom. The summed E-state index contributed by atoms with van der Waals surface area (Å²) in [6.45, 7) is 11.4. The number of hydrogen-bond donors (Lipinski definition) is 0. The van der Waals surface area contributed by atoms with E-state index in [9.17, 15) is 0 Å². The number of hydrogen-bond acceptors (Lipinski definition) is 0.